The van der Waals surface area contributed by atoms with Crippen molar-refractivity contribution in [3.63, 3.8) is 0 Å². The number of carbonyl (C=O) groups is 1. The zero-order chi connectivity index (χ0) is 10.8. The fraction of sp³-hybridized carbons (Fsp3) is 0.222. The summed E-state index contributed by atoms with van der Waals surface area (Å²) in [6.07, 6.45) is 2.90. The third-order valence-corrected chi connectivity index (χ3v) is 2.09. The first-order valence-corrected chi connectivity index (χ1v) is 4.33. The number of rotatable bonds is 3. The van der Waals surface area contributed by atoms with E-state index in [4.69, 9.17) is 5.11 Å². The third kappa shape index (κ3) is 1.74. The van der Waals surface area contributed by atoms with E-state index < -0.39 is 5.97 Å². The molecule has 2 rings (SSSR count). The van der Waals surface area contributed by atoms with Crippen LogP contribution in [0.4, 0.5) is 0 Å². The van der Waals surface area contributed by atoms with Crippen LogP contribution in [0, 0.1) is 6.92 Å². The Morgan fingerprint density at radius 3 is 3.07 bits per heavy atom. The summed E-state index contributed by atoms with van der Waals surface area (Å²) in [6, 6.07) is 1.74. The standard InChI is InChI=1S/C9H9N3O3/c1-6-2-3-12(8(6)9(13)14)4-7-10-5-15-11-7/h2-3,5H,4H2,1H3,(H,13,14). The molecule has 0 fully saturated rings. The molecule has 0 aromatic carbocycles. The number of hydrogen-bond donors (Lipinski definition) is 1. The zero-order valence-corrected chi connectivity index (χ0v) is 8.04. The molecule has 2 aromatic rings. The van der Waals surface area contributed by atoms with Gasteiger partial charge in [-0.3, -0.25) is 0 Å². The van der Waals surface area contributed by atoms with Crippen molar-refractivity contribution in [2.75, 3.05) is 0 Å². The van der Waals surface area contributed by atoms with E-state index in [1.807, 2.05) is 0 Å². The minimum atomic E-state index is -0.957. The molecule has 2 heterocycles. The maximum absolute atomic E-state index is 10.9. The van der Waals surface area contributed by atoms with E-state index in [0.29, 0.717) is 17.9 Å². The number of aromatic nitrogens is 3. The Balaban J connectivity index is 2.33. The average Bonchev–Trinajstić information content (AvgIpc) is 2.76. The van der Waals surface area contributed by atoms with Gasteiger partial charge in [0.25, 0.3) is 0 Å². The van der Waals surface area contributed by atoms with Crippen LogP contribution in [0.25, 0.3) is 0 Å². The number of carboxylic acid groups (broad SMARTS) is 1. The molecule has 0 amide bonds. The van der Waals surface area contributed by atoms with Gasteiger partial charge in [-0.05, 0) is 18.6 Å². The minimum absolute atomic E-state index is 0.250. The predicted octanol–water partition coefficient (Wildman–Crippen LogP) is 0.926. The Morgan fingerprint density at radius 1 is 1.67 bits per heavy atom. The molecule has 6 nitrogen and oxygen atoms in total. The first kappa shape index (κ1) is 9.45. The number of carboxylic acids is 1. The second-order valence-electron chi connectivity index (χ2n) is 3.13. The number of aryl methyl sites for hydroxylation is 1. The van der Waals surface area contributed by atoms with Crippen molar-refractivity contribution in [1.29, 1.82) is 0 Å². The lowest BCUT2D eigenvalue weighted by Gasteiger charge is -2.02. The molecule has 0 aliphatic rings. The molecule has 1 N–H and O–H groups in total. The van der Waals surface area contributed by atoms with Crippen LogP contribution >= 0.6 is 0 Å². The van der Waals surface area contributed by atoms with Crippen molar-refractivity contribution < 1.29 is 14.4 Å². The summed E-state index contributed by atoms with van der Waals surface area (Å²) in [7, 11) is 0. The molecule has 0 spiro atoms. The number of nitrogens with zero attached hydrogens (tertiary/aromatic N) is 3. The summed E-state index contributed by atoms with van der Waals surface area (Å²) in [5.41, 5.74) is 0.964. The van der Waals surface area contributed by atoms with Gasteiger partial charge in [0, 0.05) is 6.20 Å². The van der Waals surface area contributed by atoms with Crippen molar-refractivity contribution in [2.24, 2.45) is 0 Å². The van der Waals surface area contributed by atoms with E-state index in [1.54, 1.807) is 23.8 Å². The maximum atomic E-state index is 10.9. The highest BCUT2D eigenvalue weighted by Crippen LogP contribution is 2.11. The molecule has 0 saturated heterocycles. The van der Waals surface area contributed by atoms with E-state index >= 15 is 0 Å². The van der Waals surface area contributed by atoms with Crippen molar-refractivity contribution in [3.05, 3.63) is 35.7 Å². The summed E-state index contributed by atoms with van der Waals surface area (Å²) < 4.78 is 6.14. The molecule has 15 heavy (non-hydrogen) atoms. The smallest absolute Gasteiger partial charge is 0.352 e. The van der Waals surface area contributed by atoms with Crippen LogP contribution in [0.2, 0.25) is 0 Å². The highest BCUT2D eigenvalue weighted by molar-refractivity contribution is 5.87. The topological polar surface area (TPSA) is 81.2 Å². The van der Waals surface area contributed by atoms with Crippen LogP contribution in [-0.2, 0) is 6.54 Å². The molecular weight excluding hydrogens is 198 g/mol. The van der Waals surface area contributed by atoms with Crippen LogP contribution in [0.15, 0.2) is 23.2 Å². The Morgan fingerprint density at radius 2 is 2.47 bits per heavy atom. The highest BCUT2D eigenvalue weighted by atomic mass is 16.5. The van der Waals surface area contributed by atoms with Crippen LogP contribution in [0.3, 0.4) is 0 Å². The summed E-state index contributed by atoms with van der Waals surface area (Å²) in [4.78, 5) is 14.8. The Hall–Kier alpha value is -2.11. The maximum Gasteiger partial charge on any atom is 0.352 e. The molecule has 0 atom stereocenters. The molecule has 0 saturated carbocycles. The largest absolute Gasteiger partial charge is 0.477 e. The van der Waals surface area contributed by atoms with Crippen molar-refractivity contribution in [3.8, 4) is 0 Å². The zero-order valence-electron chi connectivity index (χ0n) is 8.04. The van der Waals surface area contributed by atoms with Gasteiger partial charge in [0.05, 0.1) is 6.54 Å². The lowest BCUT2D eigenvalue weighted by atomic mass is 10.3. The lowest BCUT2D eigenvalue weighted by molar-refractivity contribution is 0.0684. The van der Waals surface area contributed by atoms with Gasteiger partial charge in [0.15, 0.2) is 5.82 Å². The second-order valence-corrected chi connectivity index (χ2v) is 3.13. The average molecular weight is 207 g/mol. The van der Waals surface area contributed by atoms with Gasteiger partial charge < -0.3 is 14.2 Å². The molecule has 0 unspecified atom stereocenters. The fourth-order valence-electron chi connectivity index (χ4n) is 1.42. The minimum Gasteiger partial charge on any atom is -0.477 e. The van der Waals surface area contributed by atoms with Gasteiger partial charge >= 0.3 is 5.97 Å². The van der Waals surface area contributed by atoms with Crippen molar-refractivity contribution in [2.45, 2.75) is 13.5 Å². The van der Waals surface area contributed by atoms with Gasteiger partial charge in [-0.25, -0.2) is 4.79 Å². The Labute approximate surface area is 85.1 Å². The SMILES string of the molecule is Cc1ccn(Cc2ncon2)c1C(=O)O. The third-order valence-electron chi connectivity index (χ3n) is 2.09. The van der Waals surface area contributed by atoms with E-state index in [1.165, 1.54) is 6.39 Å². The molecule has 2 aromatic heterocycles. The summed E-state index contributed by atoms with van der Waals surface area (Å²) in [6.45, 7) is 2.04. The van der Waals surface area contributed by atoms with E-state index in [-0.39, 0.29) is 5.69 Å². The van der Waals surface area contributed by atoms with Crippen LogP contribution in [0.5, 0.6) is 0 Å². The normalized spacial score (nSPS) is 10.5. The van der Waals surface area contributed by atoms with E-state index in [2.05, 4.69) is 14.7 Å². The van der Waals surface area contributed by atoms with Gasteiger partial charge in [0.1, 0.15) is 5.69 Å². The summed E-state index contributed by atoms with van der Waals surface area (Å²) in [5, 5.41) is 12.6. The Bertz CT molecular complexity index is 473. The summed E-state index contributed by atoms with van der Waals surface area (Å²) >= 11 is 0. The lowest BCUT2D eigenvalue weighted by Crippen LogP contribution is -2.10. The van der Waals surface area contributed by atoms with Gasteiger partial charge in [0.2, 0.25) is 6.39 Å². The molecule has 78 valence electrons. The molecule has 0 aliphatic heterocycles. The molecular formula is C9H9N3O3. The van der Waals surface area contributed by atoms with Gasteiger partial charge in [-0.2, -0.15) is 4.98 Å². The summed E-state index contributed by atoms with van der Waals surface area (Å²) in [5.74, 6) is -0.505. The second kappa shape index (κ2) is 3.56. The van der Waals surface area contributed by atoms with Crippen LogP contribution in [0.1, 0.15) is 21.9 Å². The van der Waals surface area contributed by atoms with Crippen molar-refractivity contribution >= 4 is 5.97 Å². The molecule has 0 radical (unpaired) electrons. The van der Waals surface area contributed by atoms with Gasteiger partial charge in [-0.1, -0.05) is 5.16 Å². The van der Waals surface area contributed by atoms with Crippen LogP contribution < -0.4 is 0 Å². The van der Waals surface area contributed by atoms with E-state index in [0.717, 1.165) is 0 Å². The monoisotopic (exact) mass is 207 g/mol. The first-order valence-electron chi connectivity index (χ1n) is 4.33. The van der Waals surface area contributed by atoms with Gasteiger partial charge in [-0.15, -0.1) is 0 Å². The number of aromatic carboxylic acids is 1. The number of hydrogen-bond acceptors (Lipinski definition) is 4. The van der Waals surface area contributed by atoms with Crippen molar-refractivity contribution in [1.82, 2.24) is 14.7 Å². The van der Waals surface area contributed by atoms with E-state index in [9.17, 15) is 4.79 Å². The Kier molecular flexibility index (Phi) is 2.24. The molecule has 0 aliphatic carbocycles. The fourth-order valence-corrected chi connectivity index (χ4v) is 1.42. The predicted molar refractivity (Wildman–Crippen MR) is 49.5 cm³/mol. The molecule has 6 heteroatoms. The molecule has 0 bridgehead atoms. The van der Waals surface area contributed by atoms with Crippen LogP contribution in [-0.4, -0.2) is 25.8 Å². The quantitative estimate of drug-likeness (QED) is 0.809. The first-order chi connectivity index (χ1) is 7.18. The highest BCUT2D eigenvalue weighted by Gasteiger charge is 2.14.